The van der Waals surface area contributed by atoms with Gasteiger partial charge in [-0.25, -0.2) is 0 Å². The summed E-state index contributed by atoms with van der Waals surface area (Å²) in [5.74, 6) is 0. The Balaban J connectivity index is 2.88. The average Bonchev–Trinajstić information content (AvgIpc) is 2.16. The van der Waals surface area contributed by atoms with Gasteiger partial charge in [0.15, 0.2) is 0 Å². The van der Waals surface area contributed by atoms with E-state index in [0.29, 0.717) is 11.1 Å². The van der Waals surface area contributed by atoms with Crippen molar-refractivity contribution in [2.45, 2.75) is 13.0 Å². The highest BCUT2D eigenvalue weighted by molar-refractivity contribution is 9.09. The second-order valence-corrected chi connectivity index (χ2v) is 4.00. The highest BCUT2D eigenvalue weighted by atomic mass is 79.9. The van der Waals surface area contributed by atoms with Crippen LogP contribution in [0.4, 0.5) is 5.69 Å². The molecule has 0 saturated heterocycles. The quantitative estimate of drug-likeness (QED) is 0.780. The van der Waals surface area contributed by atoms with E-state index in [-0.39, 0.29) is 0 Å². The molecule has 13 heavy (non-hydrogen) atoms. The van der Waals surface area contributed by atoms with E-state index in [1.54, 1.807) is 12.4 Å². The van der Waals surface area contributed by atoms with Crippen molar-refractivity contribution in [3.8, 4) is 0 Å². The summed E-state index contributed by atoms with van der Waals surface area (Å²) in [6, 6.07) is 2.33. The van der Waals surface area contributed by atoms with Crippen molar-refractivity contribution in [3.63, 3.8) is 0 Å². The largest absolute Gasteiger partial charge is 0.370 e. The number of hydrogen-bond donors (Lipinski definition) is 0. The minimum absolute atomic E-state index is 0.417. The molecule has 1 rings (SSSR count). The fourth-order valence-electron chi connectivity index (χ4n) is 0.995. The summed E-state index contributed by atoms with van der Waals surface area (Å²) < 4.78 is 0. The average molecular weight is 264 g/mol. The Kier molecular flexibility index (Phi) is 4.00. The number of anilines is 1. The van der Waals surface area contributed by atoms with Gasteiger partial charge in [-0.05, 0) is 13.0 Å². The number of aromatic nitrogens is 1. The predicted octanol–water partition coefficient (Wildman–Crippen LogP) is 2.95. The van der Waals surface area contributed by atoms with Crippen molar-refractivity contribution in [1.82, 2.24) is 4.98 Å². The number of alkyl halides is 1. The summed E-state index contributed by atoms with van der Waals surface area (Å²) in [6.45, 7) is 2.13. The van der Waals surface area contributed by atoms with E-state index in [1.807, 2.05) is 13.1 Å². The van der Waals surface area contributed by atoms with Gasteiger partial charge in [-0.2, -0.15) is 0 Å². The van der Waals surface area contributed by atoms with Crippen LogP contribution in [-0.2, 0) is 0 Å². The molecule has 0 fully saturated rings. The van der Waals surface area contributed by atoms with Crippen molar-refractivity contribution < 1.29 is 0 Å². The maximum atomic E-state index is 6.00. The van der Waals surface area contributed by atoms with Crippen molar-refractivity contribution in [2.75, 3.05) is 17.3 Å². The van der Waals surface area contributed by atoms with Gasteiger partial charge in [-0.1, -0.05) is 27.5 Å². The van der Waals surface area contributed by atoms with Crippen LogP contribution in [0.5, 0.6) is 0 Å². The smallest absolute Gasteiger partial charge is 0.0822 e. The molecule has 1 aromatic heterocycles. The van der Waals surface area contributed by atoms with Crippen LogP contribution in [0.3, 0.4) is 0 Å². The summed E-state index contributed by atoms with van der Waals surface area (Å²) in [7, 11) is 2.02. The molecule has 0 aliphatic carbocycles. The summed E-state index contributed by atoms with van der Waals surface area (Å²) in [5.41, 5.74) is 1.02. The molecular formula is C9H12BrClN2. The Morgan fingerprint density at radius 3 is 2.92 bits per heavy atom. The number of pyridine rings is 1. The Bertz CT molecular complexity index is 280. The Morgan fingerprint density at radius 1 is 1.69 bits per heavy atom. The second kappa shape index (κ2) is 4.82. The van der Waals surface area contributed by atoms with E-state index in [9.17, 15) is 0 Å². The highest BCUT2D eigenvalue weighted by Gasteiger charge is 2.10. The van der Waals surface area contributed by atoms with Crippen molar-refractivity contribution in [2.24, 2.45) is 0 Å². The van der Waals surface area contributed by atoms with Gasteiger partial charge in [0.05, 0.1) is 10.7 Å². The first-order chi connectivity index (χ1) is 6.16. The minimum Gasteiger partial charge on any atom is -0.370 e. The molecule has 0 aliphatic heterocycles. The van der Waals surface area contributed by atoms with Crippen molar-refractivity contribution in [1.29, 1.82) is 0 Å². The van der Waals surface area contributed by atoms with Crippen molar-refractivity contribution >= 4 is 33.2 Å². The van der Waals surface area contributed by atoms with E-state index < -0.39 is 0 Å². The van der Waals surface area contributed by atoms with Crippen LogP contribution in [0.1, 0.15) is 6.92 Å². The number of nitrogens with zero attached hydrogens (tertiary/aromatic N) is 2. The monoisotopic (exact) mass is 262 g/mol. The van der Waals surface area contributed by atoms with Gasteiger partial charge < -0.3 is 4.90 Å². The zero-order valence-corrected chi connectivity index (χ0v) is 10.0. The summed E-state index contributed by atoms with van der Waals surface area (Å²) >= 11 is 9.44. The first-order valence-corrected chi connectivity index (χ1v) is 5.55. The standard InChI is InChI=1S/C9H12BrClN2/c1-7(5-10)13(2)9-3-4-12-6-8(9)11/h3-4,6-7H,5H2,1-2H3. The SMILES string of the molecule is CC(CBr)N(C)c1ccncc1Cl. The normalized spacial score (nSPS) is 12.6. The zero-order chi connectivity index (χ0) is 9.84. The molecule has 1 aromatic rings. The zero-order valence-electron chi connectivity index (χ0n) is 7.67. The van der Waals surface area contributed by atoms with E-state index in [0.717, 1.165) is 11.0 Å². The third kappa shape index (κ3) is 2.58. The van der Waals surface area contributed by atoms with E-state index in [4.69, 9.17) is 11.6 Å². The molecule has 0 aliphatic rings. The van der Waals surface area contributed by atoms with Crippen LogP contribution in [0, 0.1) is 0 Å². The van der Waals surface area contributed by atoms with E-state index in [1.165, 1.54) is 0 Å². The predicted molar refractivity (Wildman–Crippen MR) is 60.9 cm³/mol. The topological polar surface area (TPSA) is 16.1 Å². The third-order valence-electron chi connectivity index (χ3n) is 2.02. The third-order valence-corrected chi connectivity index (χ3v) is 3.24. The second-order valence-electron chi connectivity index (χ2n) is 2.94. The van der Waals surface area contributed by atoms with Gasteiger partial charge in [-0.3, -0.25) is 4.98 Å². The van der Waals surface area contributed by atoms with Crippen LogP contribution in [0.25, 0.3) is 0 Å². The molecule has 4 heteroatoms. The fourth-order valence-corrected chi connectivity index (χ4v) is 1.68. The van der Waals surface area contributed by atoms with Gasteiger partial charge >= 0.3 is 0 Å². The molecule has 0 N–H and O–H groups in total. The van der Waals surface area contributed by atoms with Crippen LogP contribution >= 0.6 is 27.5 Å². The maximum absolute atomic E-state index is 6.00. The van der Waals surface area contributed by atoms with Gasteiger partial charge in [0.25, 0.3) is 0 Å². The number of rotatable bonds is 3. The molecule has 0 spiro atoms. The van der Waals surface area contributed by atoms with Crippen LogP contribution in [-0.4, -0.2) is 23.4 Å². The van der Waals surface area contributed by atoms with E-state index >= 15 is 0 Å². The molecule has 0 bridgehead atoms. The first kappa shape index (κ1) is 10.8. The molecule has 0 saturated carbocycles. The fraction of sp³-hybridized carbons (Fsp3) is 0.444. The van der Waals surface area contributed by atoms with Crippen LogP contribution < -0.4 is 4.90 Å². The van der Waals surface area contributed by atoms with Crippen LogP contribution in [0.2, 0.25) is 5.02 Å². The lowest BCUT2D eigenvalue weighted by Crippen LogP contribution is -2.30. The maximum Gasteiger partial charge on any atom is 0.0822 e. The first-order valence-electron chi connectivity index (χ1n) is 4.05. The summed E-state index contributed by atoms with van der Waals surface area (Å²) in [5, 5.41) is 1.61. The molecule has 0 radical (unpaired) electrons. The van der Waals surface area contributed by atoms with Crippen molar-refractivity contribution in [3.05, 3.63) is 23.5 Å². The Hall–Kier alpha value is -0.280. The molecule has 0 amide bonds. The molecular weight excluding hydrogens is 251 g/mol. The van der Waals surface area contributed by atoms with Gasteiger partial charge in [0, 0.05) is 30.8 Å². The Morgan fingerprint density at radius 2 is 2.38 bits per heavy atom. The van der Waals surface area contributed by atoms with Gasteiger partial charge in [0.2, 0.25) is 0 Å². The Labute approximate surface area is 92.0 Å². The van der Waals surface area contributed by atoms with E-state index in [2.05, 4.69) is 32.7 Å². The lowest BCUT2D eigenvalue weighted by atomic mass is 10.3. The molecule has 0 aromatic carbocycles. The lowest BCUT2D eigenvalue weighted by Gasteiger charge is -2.25. The molecule has 1 unspecified atom stereocenters. The number of hydrogen-bond acceptors (Lipinski definition) is 2. The lowest BCUT2D eigenvalue weighted by molar-refractivity contribution is 0.769. The van der Waals surface area contributed by atoms with Gasteiger partial charge in [-0.15, -0.1) is 0 Å². The molecule has 2 nitrogen and oxygen atoms in total. The summed E-state index contributed by atoms with van der Waals surface area (Å²) in [6.07, 6.45) is 3.41. The molecule has 72 valence electrons. The highest BCUT2D eigenvalue weighted by Crippen LogP contribution is 2.24. The minimum atomic E-state index is 0.417. The number of halogens is 2. The molecule has 1 heterocycles. The van der Waals surface area contributed by atoms with Gasteiger partial charge in [0.1, 0.15) is 0 Å². The van der Waals surface area contributed by atoms with Crippen LogP contribution in [0.15, 0.2) is 18.5 Å². The molecule has 1 atom stereocenters. The summed E-state index contributed by atoms with van der Waals surface area (Å²) in [4.78, 5) is 6.07.